The maximum Gasteiger partial charge on any atom is 0.311 e. The van der Waals surface area contributed by atoms with Crippen LogP contribution in [-0.4, -0.2) is 60.9 Å². The molecule has 3 heterocycles. The van der Waals surface area contributed by atoms with Crippen molar-refractivity contribution >= 4 is 44.4 Å². The predicted octanol–water partition coefficient (Wildman–Crippen LogP) is 4.05. The molecule has 1 unspecified atom stereocenters. The number of sulfone groups is 1. The summed E-state index contributed by atoms with van der Waals surface area (Å²) in [5.74, 6) is -0.805. The summed E-state index contributed by atoms with van der Waals surface area (Å²) in [7, 11) is -3.12. The van der Waals surface area contributed by atoms with E-state index >= 15 is 0 Å². The van der Waals surface area contributed by atoms with Crippen LogP contribution in [0.3, 0.4) is 0 Å². The van der Waals surface area contributed by atoms with Gasteiger partial charge >= 0.3 is 5.97 Å². The molecule has 10 heteroatoms. The molecular weight excluding hydrogens is 492 g/mol. The van der Waals surface area contributed by atoms with Crippen LogP contribution in [-0.2, 0) is 30.6 Å². The molecule has 180 valence electrons. The largest absolute Gasteiger partial charge is 0.455 e. The molecule has 2 aromatic heterocycles. The van der Waals surface area contributed by atoms with Gasteiger partial charge in [0.15, 0.2) is 16.4 Å². The van der Waals surface area contributed by atoms with Gasteiger partial charge in [0, 0.05) is 23.0 Å². The smallest absolute Gasteiger partial charge is 0.311 e. The minimum absolute atomic E-state index is 0.0105. The predicted molar refractivity (Wildman–Crippen MR) is 135 cm³/mol. The van der Waals surface area contributed by atoms with E-state index < -0.39 is 22.4 Å². The van der Waals surface area contributed by atoms with E-state index in [0.29, 0.717) is 19.4 Å². The molecule has 1 atom stereocenters. The maximum absolute atomic E-state index is 12.8. The molecule has 1 aliphatic heterocycles. The molecule has 7 nitrogen and oxygen atoms in total. The Balaban J connectivity index is 1.44. The summed E-state index contributed by atoms with van der Waals surface area (Å²) in [6.45, 7) is 1.97. The molecule has 0 spiro atoms. The number of nitrogens with zero attached hydrogens (tertiary/aromatic N) is 2. The molecule has 1 aliphatic rings. The van der Waals surface area contributed by atoms with E-state index in [1.54, 1.807) is 16.2 Å². The number of esters is 1. The van der Waals surface area contributed by atoms with Crippen molar-refractivity contribution in [3.05, 3.63) is 52.7 Å². The second-order valence-electron chi connectivity index (χ2n) is 8.12. The number of carbonyl (C=O) groups excluding carboxylic acids is 2. The lowest BCUT2D eigenvalue weighted by Gasteiger charge is -2.27. The summed E-state index contributed by atoms with van der Waals surface area (Å²) >= 11 is 2.99. The summed E-state index contributed by atoms with van der Waals surface area (Å²) in [6, 6.07) is 13.3. The third-order valence-corrected chi connectivity index (χ3v) is 9.30. The Labute approximate surface area is 207 Å². The first-order valence-corrected chi connectivity index (χ1v) is 14.6. The fourth-order valence-electron chi connectivity index (χ4n) is 3.96. The van der Waals surface area contributed by atoms with Crippen LogP contribution in [0.5, 0.6) is 0 Å². The zero-order valence-electron chi connectivity index (χ0n) is 18.8. The van der Waals surface area contributed by atoms with Crippen molar-refractivity contribution in [2.45, 2.75) is 32.2 Å². The van der Waals surface area contributed by atoms with Gasteiger partial charge < -0.3 is 9.64 Å². The SMILES string of the molecule is CCCN(C(=O)COC(=O)Cc1sc(-c2ccccc2)nc1-c1cccs1)C1CCS(=O)(=O)C1. The maximum atomic E-state index is 12.8. The first kappa shape index (κ1) is 24.6. The van der Waals surface area contributed by atoms with E-state index in [2.05, 4.69) is 0 Å². The number of aromatic nitrogens is 1. The average molecular weight is 519 g/mol. The van der Waals surface area contributed by atoms with Crippen molar-refractivity contribution in [3.8, 4) is 21.1 Å². The molecule has 0 bridgehead atoms. The van der Waals surface area contributed by atoms with Crippen LogP contribution in [0.25, 0.3) is 21.1 Å². The van der Waals surface area contributed by atoms with E-state index in [0.717, 1.165) is 26.0 Å². The molecule has 0 N–H and O–H groups in total. The van der Waals surface area contributed by atoms with Gasteiger partial charge in [0.2, 0.25) is 0 Å². The molecule has 1 aromatic carbocycles. The number of ether oxygens (including phenoxy) is 1. The van der Waals surface area contributed by atoms with Gasteiger partial charge in [-0.3, -0.25) is 9.59 Å². The minimum Gasteiger partial charge on any atom is -0.455 e. The number of amides is 1. The Morgan fingerprint density at radius 2 is 1.97 bits per heavy atom. The molecule has 34 heavy (non-hydrogen) atoms. The monoisotopic (exact) mass is 518 g/mol. The highest BCUT2D eigenvalue weighted by atomic mass is 32.2. The first-order chi connectivity index (χ1) is 16.4. The molecule has 0 aliphatic carbocycles. The van der Waals surface area contributed by atoms with Crippen LogP contribution in [0, 0.1) is 0 Å². The number of thiophene rings is 1. The van der Waals surface area contributed by atoms with Gasteiger partial charge in [-0.25, -0.2) is 13.4 Å². The van der Waals surface area contributed by atoms with Gasteiger partial charge in [-0.15, -0.1) is 22.7 Å². The third-order valence-electron chi connectivity index (χ3n) is 5.57. The number of hydrogen-bond acceptors (Lipinski definition) is 8. The molecule has 1 amide bonds. The van der Waals surface area contributed by atoms with Crippen molar-refractivity contribution in [3.63, 3.8) is 0 Å². The van der Waals surface area contributed by atoms with Crippen molar-refractivity contribution < 1.29 is 22.7 Å². The molecule has 0 radical (unpaired) electrons. The van der Waals surface area contributed by atoms with Crippen molar-refractivity contribution in [2.24, 2.45) is 0 Å². The number of hydrogen-bond donors (Lipinski definition) is 0. The van der Waals surface area contributed by atoms with Crippen LogP contribution >= 0.6 is 22.7 Å². The Kier molecular flexibility index (Phi) is 7.80. The zero-order chi connectivity index (χ0) is 24.1. The Morgan fingerprint density at radius 3 is 2.62 bits per heavy atom. The Morgan fingerprint density at radius 1 is 1.18 bits per heavy atom. The van der Waals surface area contributed by atoms with Gasteiger partial charge in [0.05, 0.1) is 28.5 Å². The summed E-state index contributed by atoms with van der Waals surface area (Å²) < 4.78 is 29.0. The van der Waals surface area contributed by atoms with Crippen molar-refractivity contribution in [2.75, 3.05) is 24.7 Å². The van der Waals surface area contributed by atoms with Crippen molar-refractivity contribution in [1.82, 2.24) is 9.88 Å². The van der Waals surface area contributed by atoms with Crippen LogP contribution in [0.15, 0.2) is 47.8 Å². The molecule has 1 fully saturated rings. The lowest BCUT2D eigenvalue weighted by atomic mass is 10.2. The second kappa shape index (κ2) is 10.8. The van der Waals surface area contributed by atoms with Crippen LogP contribution < -0.4 is 0 Å². The quantitative estimate of drug-likeness (QED) is 0.397. The zero-order valence-corrected chi connectivity index (χ0v) is 21.3. The Hall–Kier alpha value is -2.56. The number of benzene rings is 1. The molecular formula is C24H26N2O5S3. The minimum atomic E-state index is -3.12. The number of carbonyl (C=O) groups is 2. The van der Waals surface area contributed by atoms with Crippen molar-refractivity contribution in [1.29, 1.82) is 0 Å². The third kappa shape index (κ3) is 5.92. The Bertz CT molecular complexity index is 1240. The molecule has 1 saturated heterocycles. The number of thiazole rings is 1. The van der Waals surface area contributed by atoms with Gasteiger partial charge in [-0.05, 0) is 24.3 Å². The highest BCUT2D eigenvalue weighted by Gasteiger charge is 2.34. The first-order valence-electron chi connectivity index (χ1n) is 11.1. The summed E-state index contributed by atoms with van der Waals surface area (Å²) in [4.78, 5) is 33.5. The van der Waals surface area contributed by atoms with Gasteiger partial charge in [0.1, 0.15) is 5.01 Å². The van der Waals surface area contributed by atoms with E-state index in [9.17, 15) is 18.0 Å². The normalized spacial score (nSPS) is 16.9. The fraction of sp³-hybridized carbons (Fsp3) is 0.375. The van der Waals surface area contributed by atoms with E-state index in [1.165, 1.54) is 11.3 Å². The van der Waals surface area contributed by atoms with Crippen LogP contribution in [0.1, 0.15) is 24.6 Å². The molecule has 0 saturated carbocycles. The lowest BCUT2D eigenvalue weighted by molar-refractivity contribution is -0.152. The van der Waals surface area contributed by atoms with E-state index in [1.807, 2.05) is 54.8 Å². The van der Waals surface area contributed by atoms with E-state index in [4.69, 9.17) is 9.72 Å². The lowest BCUT2D eigenvalue weighted by Crippen LogP contribution is -2.43. The highest BCUT2D eigenvalue weighted by molar-refractivity contribution is 7.91. The topological polar surface area (TPSA) is 93.6 Å². The van der Waals surface area contributed by atoms with Crippen LogP contribution in [0.2, 0.25) is 0 Å². The summed E-state index contributed by atoms with van der Waals surface area (Å²) in [5, 5.41) is 2.78. The standard InChI is InChI=1S/C24H26N2O5S3/c1-2-11-26(18-10-13-34(29,30)16-18)21(27)15-31-22(28)14-20-23(19-9-6-12-32-19)25-24(33-20)17-7-4-3-5-8-17/h3-9,12,18H,2,10-11,13-16H2,1H3. The van der Waals surface area contributed by atoms with Gasteiger partial charge in [0.25, 0.3) is 5.91 Å². The average Bonchev–Trinajstić information content (AvgIpc) is 3.56. The van der Waals surface area contributed by atoms with Crippen LogP contribution in [0.4, 0.5) is 0 Å². The van der Waals surface area contributed by atoms with E-state index in [-0.39, 0.29) is 29.9 Å². The highest BCUT2D eigenvalue weighted by Crippen LogP contribution is 2.36. The fourth-order valence-corrected chi connectivity index (χ4v) is 7.57. The molecule has 3 aromatic rings. The second-order valence-corrected chi connectivity index (χ2v) is 12.4. The molecule has 4 rings (SSSR count). The van der Waals surface area contributed by atoms with Gasteiger partial charge in [-0.1, -0.05) is 43.3 Å². The summed E-state index contributed by atoms with van der Waals surface area (Å²) in [6.07, 6.45) is 1.13. The number of rotatable bonds is 9. The van der Waals surface area contributed by atoms with Gasteiger partial charge in [-0.2, -0.15) is 0 Å². The summed E-state index contributed by atoms with van der Waals surface area (Å²) in [5.41, 5.74) is 1.73.